The molecule has 22 heavy (non-hydrogen) atoms. The summed E-state index contributed by atoms with van der Waals surface area (Å²) in [5, 5.41) is 2.75. The maximum Gasteiger partial charge on any atom is 0.314 e. The average Bonchev–Trinajstić information content (AvgIpc) is 2.55. The fourth-order valence-corrected chi connectivity index (χ4v) is 2.68. The maximum absolute atomic E-state index is 11.2. The summed E-state index contributed by atoms with van der Waals surface area (Å²) in [5.41, 5.74) is 7.01. The average molecular weight is 302 g/mol. The van der Waals surface area contributed by atoms with Crippen molar-refractivity contribution in [3.63, 3.8) is 0 Å². The van der Waals surface area contributed by atoms with Crippen molar-refractivity contribution < 1.29 is 9.59 Å². The number of likely N-dealkylation sites (tertiary alicyclic amines) is 1. The number of primary amides is 1. The fourth-order valence-electron chi connectivity index (χ4n) is 2.68. The Morgan fingerprint density at radius 1 is 1.32 bits per heavy atom. The van der Waals surface area contributed by atoms with E-state index in [9.17, 15) is 9.59 Å². The molecule has 0 saturated carbocycles. The summed E-state index contributed by atoms with van der Waals surface area (Å²) in [6, 6.07) is 9.66. The smallest absolute Gasteiger partial charge is 0.314 e. The van der Waals surface area contributed by atoms with Crippen LogP contribution in [0.4, 0.5) is 4.79 Å². The lowest BCUT2D eigenvalue weighted by Gasteiger charge is -2.35. The first kappa shape index (κ1) is 15.9. The zero-order valence-electron chi connectivity index (χ0n) is 12.7. The van der Waals surface area contributed by atoms with Crippen LogP contribution in [0.25, 0.3) is 5.70 Å². The highest BCUT2D eigenvalue weighted by molar-refractivity contribution is 5.73. The van der Waals surface area contributed by atoms with Crippen molar-refractivity contribution in [2.24, 2.45) is 5.73 Å². The molecule has 0 bridgehead atoms. The Morgan fingerprint density at radius 3 is 2.50 bits per heavy atom. The van der Waals surface area contributed by atoms with Crippen molar-refractivity contribution in [3.05, 3.63) is 42.1 Å². The highest BCUT2D eigenvalue weighted by atomic mass is 16.2. The summed E-state index contributed by atoms with van der Waals surface area (Å²) in [5.74, 6) is 0. The minimum absolute atomic E-state index is 0.322. The molecule has 118 valence electrons. The Hall–Kier alpha value is -2.50. The molecule has 1 saturated heterocycles. The van der Waals surface area contributed by atoms with Gasteiger partial charge in [-0.3, -0.25) is 4.79 Å². The minimum atomic E-state index is -0.357. The number of hydrogen-bond acceptors (Lipinski definition) is 3. The zero-order chi connectivity index (χ0) is 15.9. The fraction of sp³-hybridized carbons (Fsp3) is 0.375. The van der Waals surface area contributed by atoms with E-state index in [1.807, 2.05) is 43.6 Å². The van der Waals surface area contributed by atoms with Crippen LogP contribution in [0.3, 0.4) is 0 Å². The minimum Gasteiger partial charge on any atom is -0.376 e. The van der Waals surface area contributed by atoms with Crippen LogP contribution in [0.15, 0.2) is 36.5 Å². The van der Waals surface area contributed by atoms with Crippen molar-refractivity contribution in [1.82, 2.24) is 15.1 Å². The molecule has 6 nitrogen and oxygen atoms in total. The second-order valence-corrected chi connectivity index (χ2v) is 5.39. The Labute approximate surface area is 130 Å². The van der Waals surface area contributed by atoms with Crippen molar-refractivity contribution >= 4 is 18.1 Å². The second kappa shape index (κ2) is 7.49. The normalized spacial score (nSPS) is 16.2. The summed E-state index contributed by atoms with van der Waals surface area (Å²) in [7, 11) is 1.99. The van der Waals surface area contributed by atoms with Crippen LogP contribution in [0, 0.1) is 0 Å². The van der Waals surface area contributed by atoms with E-state index in [2.05, 4.69) is 10.2 Å². The summed E-state index contributed by atoms with van der Waals surface area (Å²) in [6.07, 6.45) is 4.34. The molecule has 0 aromatic heterocycles. The van der Waals surface area contributed by atoms with Gasteiger partial charge in [0, 0.05) is 32.4 Å². The van der Waals surface area contributed by atoms with Crippen LogP contribution in [0.5, 0.6) is 0 Å². The number of nitrogens with one attached hydrogen (secondary N) is 1. The molecule has 6 heteroatoms. The SMILES string of the molecule is CN(/C=C(\NC=O)c1ccccc1)C1CCN(C(N)=O)CC1. The van der Waals surface area contributed by atoms with E-state index in [0.29, 0.717) is 25.5 Å². The molecule has 1 aromatic rings. The van der Waals surface area contributed by atoms with Crippen molar-refractivity contribution in [1.29, 1.82) is 0 Å². The van der Waals surface area contributed by atoms with Crippen molar-refractivity contribution in [2.75, 3.05) is 20.1 Å². The number of benzene rings is 1. The van der Waals surface area contributed by atoms with Crippen LogP contribution >= 0.6 is 0 Å². The first-order valence-corrected chi connectivity index (χ1v) is 7.35. The van der Waals surface area contributed by atoms with Gasteiger partial charge in [-0.2, -0.15) is 0 Å². The van der Waals surface area contributed by atoms with Gasteiger partial charge >= 0.3 is 6.03 Å². The van der Waals surface area contributed by atoms with Gasteiger partial charge in [0.1, 0.15) is 0 Å². The molecular weight excluding hydrogens is 280 g/mol. The molecule has 0 unspecified atom stereocenters. The maximum atomic E-state index is 11.2. The molecule has 0 aliphatic carbocycles. The number of piperidine rings is 1. The van der Waals surface area contributed by atoms with Gasteiger partial charge in [0.25, 0.3) is 0 Å². The molecule has 0 radical (unpaired) electrons. The van der Waals surface area contributed by atoms with Gasteiger partial charge in [0.2, 0.25) is 6.41 Å². The quantitative estimate of drug-likeness (QED) is 0.802. The number of nitrogens with two attached hydrogens (primary N) is 1. The molecule has 1 aromatic carbocycles. The lowest BCUT2D eigenvalue weighted by Crippen LogP contribution is -2.46. The Balaban J connectivity index is 2.05. The van der Waals surface area contributed by atoms with E-state index in [1.54, 1.807) is 4.90 Å². The number of rotatable bonds is 5. The molecule has 3 amide bonds. The standard InChI is InChI=1S/C16H22N4O2/c1-19(14-7-9-20(10-8-14)16(17)22)11-15(18-12-21)13-5-3-2-4-6-13/h2-6,11-12,14H,7-10H2,1H3,(H2,17,22)(H,18,21)/b15-11-. The lowest BCUT2D eigenvalue weighted by molar-refractivity contribution is -0.108. The second-order valence-electron chi connectivity index (χ2n) is 5.39. The molecule has 1 heterocycles. The van der Waals surface area contributed by atoms with Gasteiger partial charge in [-0.05, 0) is 18.4 Å². The van der Waals surface area contributed by atoms with Gasteiger partial charge in [-0.25, -0.2) is 4.79 Å². The van der Waals surface area contributed by atoms with Gasteiger partial charge in [0.15, 0.2) is 0 Å². The van der Waals surface area contributed by atoms with E-state index in [-0.39, 0.29) is 6.03 Å². The first-order chi connectivity index (χ1) is 10.6. The molecule has 0 atom stereocenters. The van der Waals surface area contributed by atoms with Crippen molar-refractivity contribution in [3.8, 4) is 0 Å². The molecule has 3 N–H and O–H groups in total. The zero-order valence-corrected chi connectivity index (χ0v) is 12.7. The highest BCUT2D eigenvalue weighted by Crippen LogP contribution is 2.18. The van der Waals surface area contributed by atoms with E-state index in [0.717, 1.165) is 24.1 Å². The van der Waals surface area contributed by atoms with Crippen molar-refractivity contribution in [2.45, 2.75) is 18.9 Å². The van der Waals surface area contributed by atoms with Gasteiger partial charge in [0.05, 0.1) is 5.70 Å². The number of hydrogen-bond donors (Lipinski definition) is 2. The van der Waals surface area contributed by atoms with Crippen LogP contribution in [-0.4, -0.2) is 48.4 Å². The molecule has 1 fully saturated rings. The number of carbonyl (C=O) groups is 2. The lowest BCUT2D eigenvalue weighted by atomic mass is 10.0. The molecule has 0 spiro atoms. The monoisotopic (exact) mass is 302 g/mol. The van der Waals surface area contributed by atoms with Crippen LogP contribution in [-0.2, 0) is 4.79 Å². The number of amides is 3. The summed E-state index contributed by atoms with van der Waals surface area (Å²) in [6.45, 7) is 1.33. The van der Waals surface area contributed by atoms with Crippen LogP contribution in [0.2, 0.25) is 0 Å². The van der Waals surface area contributed by atoms with Gasteiger partial charge in [-0.1, -0.05) is 30.3 Å². The predicted molar refractivity (Wildman–Crippen MR) is 85.6 cm³/mol. The third kappa shape index (κ3) is 4.00. The molecule has 1 aliphatic rings. The Morgan fingerprint density at radius 2 is 1.95 bits per heavy atom. The number of nitrogens with zero attached hydrogens (tertiary/aromatic N) is 2. The van der Waals surface area contributed by atoms with E-state index in [4.69, 9.17) is 5.73 Å². The third-order valence-electron chi connectivity index (χ3n) is 3.98. The topological polar surface area (TPSA) is 78.7 Å². The van der Waals surface area contributed by atoms with Crippen LogP contribution in [0.1, 0.15) is 18.4 Å². The highest BCUT2D eigenvalue weighted by Gasteiger charge is 2.23. The van der Waals surface area contributed by atoms with E-state index >= 15 is 0 Å². The Kier molecular flexibility index (Phi) is 5.41. The van der Waals surface area contributed by atoms with Gasteiger partial charge in [-0.15, -0.1) is 0 Å². The number of urea groups is 1. The van der Waals surface area contributed by atoms with Gasteiger partial charge < -0.3 is 20.9 Å². The third-order valence-corrected chi connectivity index (χ3v) is 3.98. The largest absolute Gasteiger partial charge is 0.376 e. The predicted octanol–water partition coefficient (Wildman–Crippen LogP) is 1.21. The molecular formula is C16H22N4O2. The molecule has 1 aliphatic heterocycles. The summed E-state index contributed by atoms with van der Waals surface area (Å²) >= 11 is 0. The van der Waals surface area contributed by atoms with Crippen LogP contribution < -0.4 is 11.1 Å². The summed E-state index contributed by atoms with van der Waals surface area (Å²) < 4.78 is 0. The first-order valence-electron chi connectivity index (χ1n) is 7.35. The van der Waals surface area contributed by atoms with E-state index < -0.39 is 0 Å². The van der Waals surface area contributed by atoms with E-state index in [1.165, 1.54) is 0 Å². The molecule has 2 rings (SSSR count). The number of carbonyl (C=O) groups excluding carboxylic acids is 2. The Bertz CT molecular complexity index is 536. The summed E-state index contributed by atoms with van der Waals surface area (Å²) in [4.78, 5) is 25.7.